The molecule has 6 heteroatoms. The van der Waals surface area contributed by atoms with E-state index in [1.807, 2.05) is 47.4 Å². The van der Waals surface area contributed by atoms with Crippen molar-refractivity contribution in [2.24, 2.45) is 0 Å². The summed E-state index contributed by atoms with van der Waals surface area (Å²) in [4.78, 5) is 24.7. The van der Waals surface area contributed by atoms with Crippen LogP contribution in [0.1, 0.15) is 31.2 Å². The van der Waals surface area contributed by atoms with Gasteiger partial charge in [-0.2, -0.15) is 0 Å². The molecule has 0 unspecified atom stereocenters. The molecule has 0 atom stereocenters. The van der Waals surface area contributed by atoms with Gasteiger partial charge < -0.3 is 14.4 Å². The Morgan fingerprint density at radius 2 is 1.65 bits per heavy atom. The van der Waals surface area contributed by atoms with E-state index in [0.29, 0.717) is 32.2 Å². The average Bonchev–Trinajstić information content (AvgIpc) is 2.85. The van der Waals surface area contributed by atoms with E-state index >= 15 is 0 Å². The number of fused-ring (bicyclic) bond motifs is 1. The number of carbonyl (C=O) groups is 1. The summed E-state index contributed by atoms with van der Waals surface area (Å²) in [5, 5.41) is 0. The molecule has 0 N–H and O–H groups in total. The second kappa shape index (κ2) is 8.63. The maximum absolute atomic E-state index is 13.7. The summed E-state index contributed by atoms with van der Waals surface area (Å²) in [7, 11) is 0. The van der Waals surface area contributed by atoms with Gasteiger partial charge in [-0.25, -0.2) is 9.97 Å². The van der Waals surface area contributed by atoms with Crippen molar-refractivity contribution in [3.8, 4) is 5.88 Å². The minimum Gasteiger partial charge on any atom is -0.473 e. The standard InChI is InChI=1S/C25H27N3O3/c29-24(25(12-16-30-17-13-25)19-6-2-1-3-7-19)28-14-10-20(11-15-28)31-23-18-26-21-8-4-5-9-22(21)27-23/h1-9,18,20H,10-17H2. The first-order chi connectivity index (χ1) is 15.2. The molecule has 5 rings (SSSR count). The third kappa shape index (κ3) is 4.00. The van der Waals surface area contributed by atoms with Crippen LogP contribution in [-0.2, 0) is 14.9 Å². The summed E-state index contributed by atoms with van der Waals surface area (Å²) >= 11 is 0. The smallest absolute Gasteiger partial charge is 0.233 e. The van der Waals surface area contributed by atoms with E-state index in [9.17, 15) is 4.79 Å². The molecule has 2 aliphatic heterocycles. The zero-order valence-electron chi connectivity index (χ0n) is 17.6. The maximum Gasteiger partial charge on any atom is 0.233 e. The minimum absolute atomic E-state index is 0.0434. The van der Waals surface area contributed by atoms with Gasteiger partial charge in [0, 0.05) is 39.1 Å². The van der Waals surface area contributed by atoms with Crippen LogP contribution < -0.4 is 4.74 Å². The number of hydrogen-bond acceptors (Lipinski definition) is 5. The van der Waals surface area contributed by atoms with E-state index in [0.717, 1.165) is 42.3 Å². The minimum atomic E-state index is -0.475. The molecule has 1 amide bonds. The van der Waals surface area contributed by atoms with Crippen molar-refractivity contribution >= 4 is 16.9 Å². The lowest BCUT2D eigenvalue weighted by molar-refractivity contribution is -0.143. The molecule has 31 heavy (non-hydrogen) atoms. The Morgan fingerprint density at radius 1 is 0.968 bits per heavy atom. The van der Waals surface area contributed by atoms with Crippen LogP contribution in [-0.4, -0.2) is 53.2 Å². The van der Waals surface area contributed by atoms with Gasteiger partial charge in [0.05, 0.1) is 22.6 Å². The SMILES string of the molecule is O=C(N1CCC(Oc2cnc3ccccc3n2)CC1)C1(c2ccccc2)CCOCC1. The number of nitrogens with zero attached hydrogens (tertiary/aromatic N) is 3. The first-order valence-corrected chi connectivity index (χ1v) is 11.1. The van der Waals surface area contributed by atoms with E-state index < -0.39 is 5.41 Å². The van der Waals surface area contributed by atoms with Crippen LogP contribution in [0.15, 0.2) is 60.8 Å². The van der Waals surface area contributed by atoms with Crippen molar-refractivity contribution in [1.82, 2.24) is 14.9 Å². The Labute approximate surface area is 182 Å². The molecule has 6 nitrogen and oxygen atoms in total. The van der Waals surface area contributed by atoms with Crippen LogP contribution in [0.25, 0.3) is 11.0 Å². The average molecular weight is 418 g/mol. The highest BCUT2D eigenvalue weighted by molar-refractivity contribution is 5.88. The molecule has 0 spiro atoms. The fraction of sp³-hybridized carbons (Fsp3) is 0.400. The maximum atomic E-state index is 13.7. The number of likely N-dealkylation sites (tertiary alicyclic amines) is 1. The van der Waals surface area contributed by atoms with E-state index in [1.165, 1.54) is 0 Å². The number of carbonyl (C=O) groups excluding carboxylic acids is 1. The van der Waals surface area contributed by atoms with Crippen molar-refractivity contribution < 1.29 is 14.3 Å². The van der Waals surface area contributed by atoms with Crippen LogP contribution in [0.5, 0.6) is 5.88 Å². The van der Waals surface area contributed by atoms with Gasteiger partial charge >= 0.3 is 0 Å². The largest absolute Gasteiger partial charge is 0.473 e. The third-order valence-electron chi connectivity index (χ3n) is 6.53. The third-order valence-corrected chi connectivity index (χ3v) is 6.53. The number of rotatable bonds is 4. The Kier molecular flexibility index (Phi) is 5.55. The normalized spacial score (nSPS) is 19.3. The molecule has 3 heterocycles. The number of aromatic nitrogens is 2. The quantitative estimate of drug-likeness (QED) is 0.647. The van der Waals surface area contributed by atoms with Gasteiger partial charge in [-0.3, -0.25) is 4.79 Å². The number of benzene rings is 2. The van der Waals surface area contributed by atoms with Gasteiger partial charge in [0.15, 0.2) is 0 Å². The van der Waals surface area contributed by atoms with Crippen molar-refractivity contribution in [3.63, 3.8) is 0 Å². The Morgan fingerprint density at radius 3 is 2.39 bits per heavy atom. The zero-order valence-corrected chi connectivity index (χ0v) is 17.6. The van der Waals surface area contributed by atoms with Crippen molar-refractivity contribution in [1.29, 1.82) is 0 Å². The highest BCUT2D eigenvalue weighted by atomic mass is 16.5. The molecule has 160 valence electrons. The lowest BCUT2D eigenvalue weighted by Gasteiger charge is -2.42. The summed E-state index contributed by atoms with van der Waals surface area (Å²) in [6.45, 7) is 2.64. The van der Waals surface area contributed by atoms with Crippen LogP contribution in [0.2, 0.25) is 0 Å². The number of hydrogen-bond donors (Lipinski definition) is 0. The summed E-state index contributed by atoms with van der Waals surface area (Å²) in [5.41, 5.74) is 2.32. The molecule has 3 aromatic rings. The molecule has 0 bridgehead atoms. The van der Waals surface area contributed by atoms with Gasteiger partial charge in [-0.15, -0.1) is 0 Å². The van der Waals surface area contributed by atoms with Crippen molar-refractivity contribution in [2.45, 2.75) is 37.2 Å². The number of para-hydroxylation sites is 2. The highest BCUT2D eigenvalue weighted by Gasteiger charge is 2.44. The molecule has 2 aliphatic rings. The molecular formula is C25H27N3O3. The fourth-order valence-electron chi connectivity index (χ4n) is 4.75. The van der Waals surface area contributed by atoms with E-state index in [2.05, 4.69) is 22.1 Å². The molecule has 0 aliphatic carbocycles. The Bertz CT molecular complexity index is 1040. The van der Waals surface area contributed by atoms with E-state index in [-0.39, 0.29) is 12.0 Å². The second-order valence-electron chi connectivity index (χ2n) is 8.37. The van der Waals surface area contributed by atoms with Gasteiger partial charge in [-0.1, -0.05) is 42.5 Å². The molecule has 2 saturated heterocycles. The topological polar surface area (TPSA) is 64.6 Å². The van der Waals surface area contributed by atoms with Crippen molar-refractivity contribution in [2.75, 3.05) is 26.3 Å². The molecular weight excluding hydrogens is 390 g/mol. The van der Waals surface area contributed by atoms with Crippen LogP contribution in [0, 0.1) is 0 Å². The number of ether oxygens (including phenoxy) is 2. The zero-order chi connectivity index (χ0) is 21.1. The van der Waals surface area contributed by atoms with Crippen molar-refractivity contribution in [3.05, 3.63) is 66.4 Å². The molecule has 2 fully saturated rings. The fourth-order valence-corrected chi connectivity index (χ4v) is 4.75. The van der Waals surface area contributed by atoms with E-state index in [1.54, 1.807) is 6.20 Å². The number of piperidine rings is 1. The predicted molar refractivity (Wildman–Crippen MR) is 118 cm³/mol. The Balaban J connectivity index is 1.26. The van der Waals surface area contributed by atoms with Gasteiger partial charge in [0.25, 0.3) is 0 Å². The molecule has 0 saturated carbocycles. The Hall–Kier alpha value is -2.99. The predicted octanol–water partition coefficient (Wildman–Crippen LogP) is 3.75. The lowest BCUT2D eigenvalue weighted by atomic mass is 9.72. The van der Waals surface area contributed by atoms with Gasteiger partial charge in [0.2, 0.25) is 11.8 Å². The van der Waals surface area contributed by atoms with Crippen LogP contribution in [0.3, 0.4) is 0 Å². The van der Waals surface area contributed by atoms with Crippen LogP contribution >= 0.6 is 0 Å². The molecule has 2 aromatic carbocycles. The first kappa shape index (κ1) is 19.9. The lowest BCUT2D eigenvalue weighted by Crippen LogP contribution is -2.53. The second-order valence-corrected chi connectivity index (χ2v) is 8.37. The summed E-state index contributed by atoms with van der Waals surface area (Å²) < 4.78 is 11.7. The summed E-state index contributed by atoms with van der Waals surface area (Å²) in [6.07, 6.45) is 4.79. The summed E-state index contributed by atoms with van der Waals surface area (Å²) in [5.74, 6) is 0.777. The summed E-state index contributed by atoms with van der Waals surface area (Å²) in [6, 6.07) is 18.0. The first-order valence-electron chi connectivity index (χ1n) is 11.1. The highest BCUT2D eigenvalue weighted by Crippen LogP contribution is 2.37. The van der Waals surface area contributed by atoms with Crippen LogP contribution in [0.4, 0.5) is 0 Å². The van der Waals surface area contributed by atoms with Gasteiger partial charge in [-0.05, 0) is 30.5 Å². The monoisotopic (exact) mass is 417 g/mol. The van der Waals surface area contributed by atoms with Gasteiger partial charge in [0.1, 0.15) is 6.10 Å². The number of amides is 1. The molecule has 0 radical (unpaired) electrons. The van der Waals surface area contributed by atoms with E-state index in [4.69, 9.17) is 9.47 Å². The molecule has 1 aromatic heterocycles.